The average molecular weight is 316 g/mol. The first-order valence-corrected chi connectivity index (χ1v) is 7.74. The lowest BCUT2D eigenvalue weighted by Crippen LogP contribution is -2.44. The molecule has 6 heteroatoms. The largest absolute Gasteiger partial charge is 0.322 e. The second-order valence-corrected chi connectivity index (χ2v) is 5.82. The number of pyridine rings is 1. The predicted octanol–water partition coefficient (Wildman–Crippen LogP) is 3.64. The number of anilines is 1. The number of hydrogen-bond donors (Lipinski definition) is 2. The Morgan fingerprint density at radius 1 is 1.40 bits per heavy atom. The van der Waals surface area contributed by atoms with Crippen molar-refractivity contribution in [3.05, 3.63) is 22.4 Å². The van der Waals surface area contributed by atoms with Crippen molar-refractivity contribution in [3.63, 3.8) is 0 Å². The van der Waals surface area contributed by atoms with Crippen molar-refractivity contribution in [1.82, 2.24) is 10.3 Å². The van der Waals surface area contributed by atoms with Gasteiger partial charge in [0.15, 0.2) is 5.15 Å². The molecule has 4 nitrogen and oxygen atoms in total. The van der Waals surface area contributed by atoms with Crippen LogP contribution in [0, 0.1) is 0 Å². The van der Waals surface area contributed by atoms with Gasteiger partial charge < -0.3 is 10.6 Å². The summed E-state index contributed by atoms with van der Waals surface area (Å²) in [6, 6.07) is 3.51. The number of rotatable bonds is 5. The van der Waals surface area contributed by atoms with E-state index in [2.05, 4.69) is 15.6 Å². The Labute approximate surface area is 129 Å². The Hall–Kier alpha value is -0.840. The number of nitrogens with one attached hydrogen (secondary N) is 2. The van der Waals surface area contributed by atoms with Gasteiger partial charge in [0.05, 0.1) is 11.7 Å². The summed E-state index contributed by atoms with van der Waals surface area (Å²) in [7, 11) is 0. The molecule has 110 valence electrons. The molecule has 2 N–H and O–H groups in total. The molecule has 1 aliphatic rings. The second-order valence-electron chi connectivity index (χ2n) is 5.07. The number of nitrogens with zero attached hydrogens (tertiary/aromatic N) is 1. The second kappa shape index (κ2) is 7.25. The van der Waals surface area contributed by atoms with E-state index in [4.69, 9.17) is 23.2 Å². The van der Waals surface area contributed by atoms with Gasteiger partial charge in [-0.2, -0.15) is 0 Å². The van der Waals surface area contributed by atoms with Crippen molar-refractivity contribution in [2.75, 3.05) is 5.32 Å². The Balaban J connectivity index is 1.97. The highest BCUT2D eigenvalue weighted by molar-refractivity contribution is 6.34. The Kier molecular flexibility index (Phi) is 5.64. The van der Waals surface area contributed by atoms with Gasteiger partial charge in [-0.15, -0.1) is 0 Å². The van der Waals surface area contributed by atoms with Crippen molar-refractivity contribution in [2.45, 2.75) is 51.1 Å². The van der Waals surface area contributed by atoms with Gasteiger partial charge in [-0.25, -0.2) is 4.98 Å². The molecule has 0 spiro atoms. The molecule has 20 heavy (non-hydrogen) atoms. The third-order valence-corrected chi connectivity index (χ3v) is 4.09. The monoisotopic (exact) mass is 315 g/mol. The molecule has 1 fully saturated rings. The third-order valence-electron chi connectivity index (χ3n) is 3.59. The Bertz CT molecular complexity index is 475. The first kappa shape index (κ1) is 15.5. The molecule has 1 aliphatic carbocycles. The maximum Gasteiger partial charge on any atom is 0.241 e. The zero-order chi connectivity index (χ0) is 14.5. The fourth-order valence-corrected chi connectivity index (χ4v) is 2.87. The van der Waals surface area contributed by atoms with Crippen LogP contribution >= 0.6 is 23.2 Å². The number of amides is 1. The number of aromatic nitrogens is 1. The van der Waals surface area contributed by atoms with E-state index in [1.807, 2.05) is 6.92 Å². The van der Waals surface area contributed by atoms with E-state index in [-0.39, 0.29) is 17.1 Å². The molecule has 0 saturated heterocycles. The van der Waals surface area contributed by atoms with Gasteiger partial charge in [0.1, 0.15) is 5.15 Å². The highest BCUT2D eigenvalue weighted by atomic mass is 35.5. The Morgan fingerprint density at radius 3 is 2.70 bits per heavy atom. The standard InChI is InChI=1S/C14H19Cl2N3O/c1-2-10(17-9-5-3-4-6-9)14(20)18-11-7-8-12(15)19-13(11)16/h7-10,17H,2-6H2,1H3,(H,18,20)/t10-/m1/s1. The molecular formula is C14H19Cl2N3O. The van der Waals surface area contributed by atoms with Crippen LogP contribution < -0.4 is 10.6 Å². The minimum atomic E-state index is -0.204. The van der Waals surface area contributed by atoms with Crippen LogP contribution in [0.1, 0.15) is 39.0 Å². The molecule has 1 atom stereocenters. The summed E-state index contributed by atoms with van der Waals surface area (Å²) in [6.07, 6.45) is 5.51. The summed E-state index contributed by atoms with van der Waals surface area (Å²) in [6.45, 7) is 1.99. The van der Waals surface area contributed by atoms with E-state index in [1.165, 1.54) is 12.8 Å². The van der Waals surface area contributed by atoms with Gasteiger partial charge in [-0.1, -0.05) is 43.0 Å². The molecule has 1 amide bonds. The van der Waals surface area contributed by atoms with E-state index < -0.39 is 0 Å². The van der Waals surface area contributed by atoms with Crippen molar-refractivity contribution in [1.29, 1.82) is 0 Å². The zero-order valence-electron chi connectivity index (χ0n) is 11.5. The molecule has 1 aromatic rings. The number of halogens is 2. The predicted molar refractivity (Wildman–Crippen MR) is 82.4 cm³/mol. The highest BCUT2D eigenvalue weighted by Crippen LogP contribution is 2.22. The molecule has 1 heterocycles. The van der Waals surface area contributed by atoms with E-state index in [9.17, 15) is 4.79 Å². The fourth-order valence-electron chi connectivity index (χ4n) is 2.48. The summed E-state index contributed by atoms with van der Waals surface area (Å²) in [4.78, 5) is 16.2. The van der Waals surface area contributed by atoms with Crippen LogP contribution in [0.25, 0.3) is 0 Å². The molecule has 2 rings (SSSR count). The zero-order valence-corrected chi connectivity index (χ0v) is 13.0. The molecule has 0 radical (unpaired) electrons. The van der Waals surface area contributed by atoms with Crippen LogP contribution in [0.5, 0.6) is 0 Å². The van der Waals surface area contributed by atoms with Crippen LogP contribution in [0.4, 0.5) is 5.69 Å². The summed E-state index contributed by atoms with van der Waals surface area (Å²) in [5.74, 6) is -0.0783. The Morgan fingerprint density at radius 2 is 2.10 bits per heavy atom. The number of carbonyl (C=O) groups excluding carboxylic acids is 1. The quantitative estimate of drug-likeness (QED) is 0.816. The van der Waals surface area contributed by atoms with Gasteiger partial charge in [-0.3, -0.25) is 4.79 Å². The van der Waals surface area contributed by atoms with Crippen LogP contribution in [-0.2, 0) is 4.79 Å². The first-order chi connectivity index (χ1) is 9.60. The molecular weight excluding hydrogens is 297 g/mol. The average Bonchev–Trinajstić information content (AvgIpc) is 2.92. The van der Waals surface area contributed by atoms with Gasteiger partial charge in [-0.05, 0) is 31.4 Å². The van der Waals surface area contributed by atoms with Gasteiger partial charge in [0, 0.05) is 6.04 Å². The molecule has 0 aliphatic heterocycles. The highest BCUT2D eigenvalue weighted by Gasteiger charge is 2.23. The van der Waals surface area contributed by atoms with Crippen LogP contribution in [0.15, 0.2) is 12.1 Å². The molecule has 0 aromatic carbocycles. The number of hydrogen-bond acceptors (Lipinski definition) is 3. The lowest BCUT2D eigenvalue weighted by atomic mass is 10.1. The minimum absolute atomic E-state index is 0.0783. The van der Waals surface area contributed by atoms with E-state index in [0.29, 0.717) is 16.9 Å². The minimum Gasteiger partial charge on any atom is -0.322 e. The summed E-state index contributed by atoms with van der Waals surface area (Å²) >= 11 is 11.7. The van der Waals surface area contributed by atoms with Gasteiger partial charge in [0.2, 0.25) is 5.91 Å². The third kappa shape index (κ3) is 4.08. The van der Waals surface area contributed by atoms with Crippen LogP contribution in [0.2, 0.25) is 10.3 Å². The molecule has 1 aromatic heterocycles. The SMILES string of the molecule is CC[C@@H](NC1CCCC1)C(=O)Nc1ccc(Cl)nc1Cl. The maximum atomic E-state index is 12.3. The van der Waals surface area contributed by atoms with Gasteiger partial charge in [0.25, 0.3) is 0 Å². The van der Waals surface area contributed by atoms with Gasteiger partial charge >= 0.3 is 0 Å². The van der Waals surface area contributed by atoms with Crippen molar-refractivity contribution < 1.29 is 4.79 Å². The first-order valence-electron chi connectivity index (χ1n) is 6.99. The van der Waals surface area contributed by atoms with E-state index in [0.717, 1.165) is 19.3 Å². The lowest BCUT2D eigenvalue weighted by Gasteiger charge is -2.21. The summed E-state index contributed by atoms with van der Waals surface area (Å²) < 4.78 is 0. The van der Waals surface area contributed by atoms with Crippen molar-refractivity contribution >= 4 is 34.8 Å². The molecule has 1 saturated carbocycles. The van der Waals surface area contributed by atoms with Crippen LogP contribution in [0.3, 0.4) is 0 Å². The summed E-state index contributed by atoms with van der Waals surface area (Å²) in [5, 5.41) is 6.74. The van der Waals surface area contributed by atoms with Crippen LogP contribution in [-0.4, -0.2) is 23.0 Å². The van der Waals surface area contributed by atoms with Crippen molar-refractivity contribution in [2.24, 2.45) is 0 Å². The van der Waals surface area contributed by atoms with E-state index in [1.54, 1.807) is 12.1 Å². The molecule has 0 bridgehead atoms. The topological polar surface area (TPSA) is 54.0 Å². The maximum absolute atomic E-state index is 12.3. The lowest BCUT2D eigenvalue weighted by molar-refractivity contribution is -0.118. The fraction of sp³-hybridized carbons (Fsp3) is 0.571. The normalized spacial score (nSPS) is 17.1. The molecule has 0 unspecified atom stereocenters. The smallest absolute Gasteiger partial charge is 0.241 e. The summed E-state index contributed by atoms with van der Waals surface area (Å²) in [5.41, 5.74) is 0.493. The number of carbonyl (C=O) groups is 1. The van der Waals surface area contributed by atoms with Crippen molar-refractivity contribution in [3.8, 4) is 0 Å². The van der Waals surface area contributed by atoms with E-state index >= 15 is 0 Å².